The monoisotopic (exact) mass is 354 g/mol. The van der Waals surface area contributed by atoms with Crippen molar-refractivity contribution in [1.82, 2.24) is 9.97 Å². The maximum atomic E-state index is 12.8. The summed E-state index contributed by atoms with van der Waals surface area (Å²) in [5.74, 6) is 0.711. The van der Waals surface area contributed by atoms with Crippen LogP contribution in [0.5, 0.6) is 5.75 Å². The number of rotatable bonds is 2. The Labute approximate surface area is 146 Å². The number of hydrogen-bond acceptors (Lipinski definition) is 2. The molecule has 0 aliphatic carbocycles. The van der Waals surface area contributed by atoms with E-state index in [-0.39, 0.29) is 11.3 Å². The van der Waals surface area contributed by atoms with Crippen molar-refractivity contribution in [2.45, 2.75) is 6.18 Å². The minimum absolute atomic E-state index is 0.200. The molecule has 0 bridgehead atoms. The summed E-state index contributed by atoms with van der Waals surface area (Å²) in [4.78, 5) is 7.33. The first kappa shape index (κ1) is 16.2. The van der Waals surface area contributed by atoms with Gasteiger partial charge in [-0.05, 0) is 41.5 Å². The molecule has 0 atom stereocenters. The molecule has 130 valence electrons. The van der Waals surface area contributed by atoms with Crippen molar-refractivity contribution < 1.29 is 18.3 Å². The molecular weight excluding hydrogens is 341 g/mol. The molecule has 3 nitrogen and oxygen atoms in total. The lowest BCUT2D eigenvalue weighted by molar-refractivity contribution is -0.137. The van der Waals surface area contributed by atoms with Gasteiger partial charge >= 0.3 is 6.18 Å². The molecule has 0 spiro atoms. The van der Waals surface area contributed by atoms with Gasteiger partial charge in [0.2, 0.25) is 0 Å². The van der Waals surface area contributed by atoms with Gasteiger partial charge < -0.3 is 10.1 Å². The maximum Gasteiger partial charge on any atom is 0.416 e. The minimum Gasteiger partial charge on any atom is -0.508 e. The van der Waals surface area contributed by atoms with Crippen LogP contribution in [0, 0.1) is 0 Å². The molecule has 0 unspecified atom stereocenters. The van der Waals surface area contributed by atoms with E-state index in [0.29, 0.717) is 11.3 Å². The van der Waals surface area contributed by atoms with E-state index in [4.69, 9.17) is 0 Å². The van der Waals surface area contributed by atoms with Crippen LogP contribution < -0.4 is 0 Å². The topological polar surface area (TPSA) is 48.9 Å². The summed E-state index contributed by atoms with van der Waals surface area (Å²) in [5.41, 5.74) is 2.80. The van der Waals surface area contributed by atoms with Crippen molar-refractivity contribution in [2.75, 3.05) is 0 Å². The van der Waals surface area contributed by atoms with Crippen LogP contribution in [0.3, 0.4) is 0 Å². The number of imidazole rings is 1. The molecule has 2 N–H and O–H groups in total. The fourth-order valence-electron chi connectivity index (χ4n) is 2.79. The molecule has 0 radical (unpaired) electrons. The molecule has 0 saturated carbocycles. The minimum atomic E-state index is -4.39. The standard InChI is InChI=1S/C20H13F3N2O/c21-20(22,23)15-7-10-17-18(11-15)25-19(24-17)14-3-1-12(2-4-14)13-5-8-16(26)9-6-13/h1-11,26H,(H,24,25). The van der Waals surface area contributed by atoms with Crippen molar-refractivity contribution in [1.29, 1.82) is 0 Å². The molecule has 4 aromatic rings. The Kier molecular flexibility index (Phi) is 3.68. The number of alkyl halides is 3. The molecule has 1 heterocycles. The third-order valence-corrected chi connectivity index (χ3v) is 4.17. The van der Waals surface area contributed by atoms with Crippen LogP contribution in [0.4, 0.5) is 13.2 Å². The molecule has 4 rings (SSSR count). The van der Waals surface area contributed by atoms with Crippen molar-refractivity contribution in [2.24, 2.45) is 0 Å². The Morgan fingerprint density at radius 2 is 1.35 bits per heavy atom. The second-order valence-corrected chi connectivity index (χ2v) is 5.94. The molecule has 0 aliphatic heterocycles. The quantitative estimate of drug-likeness (QED) is 0.491. The Balaban J connectivity index is 1.68. The van der Waals surface area contributed by atoms with Crippen molar-refractivity contribution >= 4 is 11.0 Å². The third kappa shape index (κ3) is 3.01. The normalized spacial score (nSPS) is 11.8. The van der Waals surface area contributed by atoms with E-state index in [1.807, 2.05) is 36.4 Å². The number of halogens is 3. The number of H-pyrrole nitrogens is 1. The van der Waals surface area contributed by atoms with Crippen LogP contribution >= 0.6 is 0 Å². The second-order valence-electron chi connectivity index (χ2n) is 5.94. The lowest BCUT2D eigenvalue weighted by atomic mass is 10.0. The van der Waals surface area contributed by atoms with Gasteiger partial charge in [-0.1, -0.05) is 36.4 Å². The van der Waals surface area contributed by atoms with E-state index in [9.17, 15) is 18.3 Å². The van der Waals surface area contributed by atoms with E-state index in [0.717, 1.165) is 28.8 Å². The number of benzene rings is 3. The predicted molar refractivity (Wildman–Crippen MR) is 93.6 cm³/mol. The number of aromatic amines is 1. The SMILES string of the molecule is Oc1ccc(-c2ccc(-c3nc4cc(C(F)(F)F)ccc4[nH]3)cc2)cc1. The predicted octanol–water partition coefficient (Wildman–Crippen LogP) is 5.62. The van der Waals surface area contributed by atoms with E-state index < -0.39 is 11.7 Å². The first-order valence-electron chi connectivity index (χ1n) is 7.87. The van der Waals surface area contributed by atoms with Crippen LogP contribution in [0.15, 0.2) is 66.7 Å². The lowest BCUT2D eigenvalue weighted by Crippen LogP contribution is -2.04. The molecular formula is C20H13F3N2O. The Bertz CT molecular complexity index is 1070. The summed E-state index contributed by atoms with van der Waals surface area (Å²) in [7, 11) is 0. The van der Waals surface area contributed by atoms with Crippen LogP contribution in [0.25, 0.3) is 33.5 Å². The molecule has 3 aromatic carbocycles. The van der Waals surface area contributed by atoms with Gasteiger partial charge in [0.05, 0.1) is 16.6 Å². The molecule has 0 aliphatic rings. The van der Waals surface area contributed by atoms with E-state index in [2.05, 4.69) is 9.97 Å². The van der Waals surface area contributed by atoms with Gasteiger partial charge in [-0.15, -0.1) is 0 Å². The van der Waals surface area contributed by atoms with Crippen LogP contribution in [-0.4, -0.2) is 15.1 Å². The zero-order valence-corrected chi connectivity index (χ0v) is 13.4. The zero-order valence-electron chi connectivity index (χ0n) is 13.4. The third-order valence-electron chi connectivity index (χ3n) is 4.17. The van der Waals surface area contributed by atoms with E-state index >= 15 is 0 Å². The van der Waals surface area contributed by atoms with Crippen LogP contribution in [0.1, 0.15) is 5.56 Å². The number of aromatic nitrogens is 2. The first-order chi connectivity index (χ1) is 12.4. The van der Waals surface area contributed by atoms with Gasteiger partial charge in [0.1, 0.15) is 11.6 Å². The van der Waals surface area contributed by atoms with Crippen molar-refractivity contribution in [3.8, 4) is 28.3 Å². The summed E-state index contributed by atoms with van der Waals surface area (Å²) in [6, 6.07) is 17.8. The smallest absolute Gasteiger partial charge is 0.416 e. The summed E-state index contributed by atoms with van der Waals surface area (Å²) in [5, 5.41) is 9.35. The van der Waals surface area contributed by atoms with Gasteiger partial charge in [0, 0.05) is 5.56 Å². The average Bonchev–Trinajstić information content (AvgIpc) is 3.05. The first-order valence-corrected chi connectivity index (χ1v) is 7.87. The highest BCUT2D eigenvalue weighted by atomic mass is 19.4. The fourth-order valence-corrected chi connectivity index (χ4v) is 2.79. The Hall–Kier alpha value is -3.28. The number of phenolic OH excluding ortho intramolecular Hbond substituents is 1. The number of fused-ring (bicyclic) bond motifs is 1. The highest BCUT2D eigenvalue weighted by Gasteiger charge is 2.30. The summed E-state index contributed by atoms with van der Waals surface area (Å²) in [6.45, 7) is 0. The highest BCUT2D eigenvalue weighted by molar-refractivity contribution is 5.80. The number of hydrogen-bond donors (Lipinski definition) is 2. The van der Waals surface area contributed by atoms with Gasteiger partial charge in [-0.25, -0.2) is 4.98 Å². The highest BCUT2D eigenvalue weighted by Crippen LogP contribution is 2.32. The molecule has 0 amide bonds. The number of phenols is 1. The number of nitrogens with one attached hydrogen (secondary N) is 1. The Morgan fingerprint density at radius 3 is 1.96 bits per heavy atom. The number of nitrogens with zero attached hydrogens (tertiary/aromatic N) is 1. The van der Waals surface area contributed by atoms with E-state index in [1.165, 1.54) is 6.07 Å². The zero-order chi connectivity index (χ0) is 18.3. The van der Waals surface area contributed by atoms with Crippen LogP contribution in [-0.2, 0) is 6.18 Å². The van der Waals surface area contributed by atoms with Gasteiger partial charge in [-0.3, -0.25) is 0 Å². The van der Waals surface area contributed by atoms with Gasteiger partial charge in [0.15, 0.2) is 0 Å². The van der Waals surface area contributed by atoms with E-state index in [1.54, 1.807) is 12.1 Å². The molecule has 0 fully saturated rings. The van der Waals surface area contributed by atoms with Crippen molar-refractivity contribution in [3.05, 3.63) is 72.3 Å². The average molecular weight is 354 g/mol. The molecule has 26 heavy (non-hydrogen) atoms. The fraction of sp³-hybridized carbons (Fsp3) is 0.0500. The van der Waals surface area contributed by atoms with Gasteiger partial charge in [-0.2, -0.15) is 13.2 Å². The number of aromatic hydroxyl groups is 1. The largest absolute Gasteiger partial charge is 0.508 e. The summed E-state index contributed by atoms with van der Waals surface area (Å²) in [6.07, 6.45) is -4.39. The van der Waals surface area contributed by atoms with Crippen molar-refractivity contribution in [3.63, 3.8) is 0 Å². The second kappa shape index (κ2) is 5.91. The molecule has 6 heteroatoms. The molecule has 1 aromatic heterocycles. The van der Waals surface area contributed by atoms with Gasteiger partial charge in [0.25, 0.3) is 0 Å². The van der Waals surface area contributed by atoms with Crippen LogP contribution in [0.2, 0.25) is 0 Å². The maximum absolute atomic E-state index is 12.8. The Morgan fingerprint density at radius 1 is 0.769 bits per heavy atom. The lowest BCUT2D eigenvalue weighted by Gasteiger charge is -2.04. The molecule has 0 saturated heterocycles. The summed E-state index contributed by atoms with van der Waals surface area (Å²) >= 11 is 0. The summed E-state index contributed by atoms with van der Waals surface area (Å²) < 4.78 is 38.5.